The van der Waals surface area contributed by atoms with Gasteiger partial charge in [0, 0.05) is 13.2 Å². The maximum atomic E-state index is 12.7. The molecule has 0 aliphatic rings. The molecule has 10 heteroatoms. The molecule has 0 N–H and O–H groups in total. The summed E-state index contributed by atoms with van der Waals surface area (Å²) in [5.74, 6) is 0.380. The molecule has 0 saturated carbocycles. The smallest absolute Gasteiger partial charge is 0.310 e. The monoisotopic (exact) mass is 317 g/mol. The molecule has 0 saturated heterocycles. The highest BCUT2D eigenvalue weighted by Crippen LogP contribution is 2.32. The number of alkyl halides is 3. The quantitative estimate of drug-likeness (QED) is 0.701. The average molecular weight is 317 g/mol. The minimum absolute atomic E-state index is 0.151. The summed E-state index contributed by atoms with van der Waals surface area (Å²) < 4.78 is 47.5. The molecule has 3 aromatic rings. The molecule has 0 radical (unpaired) electrons. The summed E-state index contributed by atoms with van der Waals surface area (Å²) in [6.45, 7) is 0. The Bertz CT molecular complexity index is 792. The van der Waals surface area contributed by atoms with Crippen molar-refractivity contribution in [2.24, 2.45) is 7.05 Å². The second-order valence-electron chi connectivity index (χ2n) is 4.00. The molecule has 3 aromatic heterocycles. The van der Waals surface area contributed by atoms with Crippen molar-refractivity contribution in [3.05, 3.63) is 17.8 Å². The number of thiol groups is 1. The number of nitrogens with zero attached hydrogens (tertiary/aromatic N) is 5. The zero-order valence-corrected chi connectivity index (χ0v) is 11.6. The normalized spacial score (nSPS) is 12.2. The molecule has 20 heavy (non-hydrogen) atoms. The highest BCUT2D eigenvalue weighted by Gasteiger charge is 2.32. The van der Waals surface area contributed by atoms with Gasteiger partial charge in [-0.3, -0.25) is 0 Å². The molecule has 0 aromatic carbocycles. The molecule has 0 fully saturated rings. The van der Waals surface area contributed by atoms with Crippen LogP contribution in [0.4, 0.5) is 13.2 Å². The van der Waals surface area contributed by atoms with Crippen molar-refractivity contribution < 1.29 is 13.2 Å². The van der Waals surface area contributed by atoms with Crippen LogP contribution in [0.2, 0.25) is 0 Å². The Morgan fingerprint density at radius 1 is 1.30 bits per heavy atom. The van der Waals surface area contributed by atoms with E-state index in [4.69, 9.17) is 0 Å². The predicted molar refractivity (Wildman–Crippen MR) is 69.7 cm³/mol. The molecule has 104 valence electrons. The van der Waals surface area contributed by atoms with E-state index in [9.17, 15) is 13.2 Å². The Labute approximate surface area is 120 Å². The van der Waals surface area contributed by atoms with E-state index in [-0.39, 0.29) is 5.52 Å². The lowest BCUT2D eigenvalue weighted by Crippen LogP contribution is -2.05. The number of hydrogen-bond acceptors (Lipinski definition) is 6. The Hall–Kier alpha value is -1.68. The number of hydrogen-bond donors (Lipinski definition) is 1. The van der Waals surface area contributed by atoms with E-state index in [0.717, 1.165) is 24.0 Å². The standard InChI is InChI=1S/C10H6F3N5S2/c1-18-7-5(2-4(3-14-7)10(11,12)13)15-8(18)6-9(19)17-20-16-6/h2-3H,1H3,(H,17,19). The fourth-order valence-electron chi connectivity index (χ4n) is 1.77. The first-order valence-electron chi connectivity index (χ1n) is 5.29. The van der Waals surface area contributed by atoms with E-state index in [0.29, 0.717) is 22.2 Å². The lowest BCUT2D eigenvalue weighted by Gasteiger charge is -2.05. The van der Waals surface area contributed by atoms with Gasteiger partial charge < -0.3 is 4.57 Å². The summed E-state index contributed by atoms with van der Waals surface area (Å²) in [6, 6.07) is 0.962. The average Bonchev–Trinajstić information content (AvgIpc) is 2.92. The van der Waals surface area contributed by atoms with Crippen LogP contribution >= 0.6 is 24.4 Å². The van der Waals surface area contributed by atoms with Gasteiger partial charge >= 0.3 is 6.18 Å². The van der Waals surface area contributed by atoms with Gasteiger partial charge in [0.25, 0.3) is 0 Å². The molecule has 0 amide bonds. The number of imidazole rings is 1. The van der Waals surface area contributed by atoms with Crippen LogP contribution < -0.4 is 0 Å². The van der Waals surface area contributed by atoms with Crippen molar-refractivity contribution in [1.29, 1.82) is 0 Å². The van der Waals surface area contributed by atoms with E-state index in [1.54, 1.807) is 11.6 Å². The second kappa shape index (κ2) is 4.42. The SMILES string of the molecule is Cn1c(-c2nsnc2S)nc2cc(C(F)(F)F)cnc21. The minimum Gasteiger partial charge on any atom is -0.310 e. The van der Waals surface area contributed by atoms with E-state index >= 15 is 0 Å². The maximum absolute atomic E-state index is 12.7. The number of rotatable bonds is 1. The van der Waals surface area contributed by atoms with E-state index < -0.39 is 11.7 Å². The molecule has 0 bridgehead atoms. The van der Waals surface area contributed by atoms with Crippen LogP contribution in [0.25, 0.3) is 22.7 Å². The molecular weight excluding hydrogens is 311 g/mol. The minimum atomic E-state index is -4.45. The van der Waals surface area contributed by atoms with E-state index in [1.165, 1.54) is 0 Å². The lowest BCUT2D eigenvalue weighted by molar-refractivity contribution is -0.137. The molecule has 3 heterocycles. The third kappa shape index (κ3) is 2.04. The van der Waals surface area contributed by atoms with Crippen molar-refractivity contribution in [2.45, 2.75) is 11.2 Å². The molecule has 0 aliphatic carbocycles. The fourth-order valence-corrected chi connectivity index (χ4v) is 2.55. The first-order valence-corrected chi connectivity index (χ1v) is 6.47. The third-order valence-corrected chi connectivity index (χ3v) is 3.69. The zero-order valence-electron chi connectivity index (χ0n) is 9.88. The van der Waals surface area contributed by atoms with Crippen molar-refractivity contribution in [1.82, 2.24) is 23.3 Å². The third-order valence-electron chi connectivity index (χ3n) is 2.72. The predicted octanol–water partition coefficient (Wildman–Crippen LogP) is 2.79. The summed E-state index contributed by atoms with van der Waals surface area (Å²) in [6.07, 6.45) is -3.66. The van der Waals surface area contributed by atoms with Crippen LogP contribution in [0.15, 0.2) is 17.3 Å². The van der Waals surface area contributed by atoms with Crippen molar-refractivity contribution in [3.8, 4) is 11.5 Å². The summed E-state index contributed by atoms with van der Waals surface area (Å²) in [4.78, 5) is 7.96. The fraction of sp³-hybridized carbons (Fsp3) is 0.200. The van der Waals surface area contributed by atoms with Gasteiger partial charge in [0.05, 0.1) is 17.3 Å². The summed E-state index contributed by atoms with van der Waals surface area (Å²) in [7, 11) is 1.65. The maximum Gasteiger partial charge on any atom is 0.417 e. The lowest BCUT2D eigenvalue weighted by atomic mass is 10.2. The molecular formula is C10H6F3N5S2. The topological polar surface area (TPSA) is 56.5 Å². The van der Waals surface area contributed by atoms with Gasteiger partial charge in [-0.1, -0.05) is 0 Å². The van der Waals surface area contributed by atoms with Gasteiger partial charge in [0.2, 0.25) is 0 Å². The number of halogens is 3. The Kier molecular flexibility index (Phi) is 2.94. The second-order valence-corrected chi connectivity index (χ2v) is 4.95. The zero-order chi connectivity index (χ0) is 14.5. The van der Waals surface area contributed by atoms with Crippen LogP contribution in [0.3, 0.4) is 0 Å². The first-order chi connectivity index (χ1) is 9.38. The van der Waals surface area contributed by atoms with Crippen molar-refractivity contribution in [3.63, 3.8) is 0 Å². The molecule has 0 unspecified atom stereocenters. The van der Waals surface area contributed by atoms with E-state index in [2.05, 4.69) is 31.3 Å². The summed E-state index contributed by atoms with van der Waals surface area (Å²) >= 11 is 5.10. The largest absolute Gasteiger partial charge is 0.417 e. The number of pyridine rings is 1. The van der Waals surface area contributed by atoms with Crippen LogP contribution in [-0.2, 0) is 13.2 Å². The number of aromatic nitrogens is 5. The van der Waals surface area contributed by atoms with Crippen LogP contribution in [-0.4, -0.2) is 23.3 Å². The molecule has 5 nitrogen and oxygen atoms in total. The molecule has 0 atom stereocenters. The van der Waals surface area contributed by atoms with Gasteiger partial charge in [-0.15, -0.1) is 12.6 Å². The Morgan fingerprint density at radius 2 is 2.05 bits per heavy atom. The van der Waals surface area contributed by atoms with Gasteiger partial charge in [-0.2, -0.15) is 21.9 Å². The van der Waals surface area contributed by atoms with Gasteiger partial charge in [-0.25, -0.2) is 9.97 Å². The summed E-state index contributed by atoms with van der Waals surface area (Å²) in [5, 5.41) is 0.379. The highest BCUT2D eigenvalue weighted by atomic mass is 32.1. The van der Waals surface area contributed by atoms with Crippen LogP contribution in [0.5, 0.6) is 0 Å². The molecule has 0 aliphatic heterocycles. The number of fused-ring (bicyclic) bond motifs is 1. The molecule has 3 rings (SSSR count). The summed E-state index contributed by atoms with van der Waals surface area (Å²) in [5.41, 5.74) is 0.0799. The van der Waals surface area contributed by atoms with Gasteiger partial charge in [-0.05, 0) is 6.07 Å². The molecule has 0 spiro atoms. The Morgan fingerprint density at radius 3 is 2.65 bits per heavy atom. The van der Waals surface area contributed by atoms with Crippen molar-refractivity contribution in [2.75, 3.05) is 0 Å². The highest BCUT2D eigenvalue weighted by molar-refractivity contribution is 7.80. The van der Waals surface area contributed by atoms with Gasteiger partial charge in [0.1, 0.15) is 10.5 Å². The van der Waals surface area contributed by atoms with Gasteiger partial charge in [0.15, 0.2) is 17.2 Å². The van der Waals surface area contributed by atoms with E-state index in [1.807, 2.05) is 0 Å². The van der Waals surface area contributed by atoms with Crippen molar-refractivity contribution >= 4 is 35.5 Å². The number of aryl methyl sites for hydroxylation is 1. The van der Waals surface area contributed by atoms with Crippen LogP contribution in [0.1, 0.15) is 5.56 Å². The Balaban J connectivity index is 2.22. The first kappa shape index (κ1) is 13.3. The van der Waals surface area contributed by atoms with Crippen LogP contribution in [0, 0.1) is 0 Å².